The average molecular weight is 317 g/mol. The highest BCUT2D eigenvalue weighted by Gasteiger charge is 2.05. The second-order valence-electron chi connectivity index (χ2n) is 4.44. The van der Waals surface area contributed by atoms with Crippen LogP contribution >= 0.6 is 24.2 Å². The van der Waals surface area contributed by atoms with Crippen molar-refractivity contribution < 1.29 is 4.79 Å². The summed E-state index contributed by atoms with van der Waals surface area (Å²) >= 11 is 1.83. The molecule has 0 spiro atoms. The Morgan fingerprint density at radius 3 is 2.70 bits per heavy atom. The summed E-state index contributed by atoms with van der Waals surface area (Å²) in [7, 11) is 0. The standard InChI is InChI=1S/C15H24N2OS.ClH/c1-3-16-12-13-8-4-5-9-14(13)17-15(18)10-6-7-11-19-2;/h4-5,8-9,16H,3,6-7,10-12H2,1-2H3,(H,17,18);1H. The van der Waals surface area contributed by atoms with Gasteiger partial charge in [0.1, 0.15) is 0 Å². The van der Waals surface area contributed by atoms with Crippen molar-refractivity contribution in [2.24, 2.45) is 0 Å². The van der Waals surface area contributed by atoms with Crippen LogP contribution in [0.1, 0.15) is 31.7 Å². The fraction of sp³-hybridized carbons (Fsp3) is 0.533. The number of unbranched alkanes of at least 4 members (excludes halogenated alkanes) is 1. The van der Waals surface area contributed by atoms with Gasteiger partial charge in [0.2, 0.25) is 5.91 Å². The summed E-state index contributed by atoms with van der Waals surface area (Å²) < 4.78 is 0. The Morgan fingerprint density at radius 2 is 2.00 bits per heavy atom. The largest absolute Gasteiger partial charge is 0.326 e. The van der Waals surface area contributed by atoms with E-state index in [1.54, 1.807) is 0 Å². The lowest BCUT2D eigenvalue weighted by atomic mass is 10.1. The summed E-state index contributed by atoms with van der Waals surface area (Å²) in [6.07, 6.45) is 4.77. The Balaban J connectivity index is 0.00000361. The highest BCUT2D eigenvalue weighted by molar-refractivity contribution is 7.98. The fourth-order valence-electron chi connectivity index (χ4n) is 1.80. The van der Waals surface area contributed by atoms with E-state index in [9.17, 15) is 4.79 Å². The summed E-state index contributed by atoms with van der Waals surface area (Å²) in [5.74, 6) is 1.25. The van der Waals surface area contributed by atoms with Gasteiger partial charge < -0.3 is 10.6 Å². The molecule has 0 bridgehead atoms. The number of rotatable bonds is 9. The molecule has 0 aliphatic carbocycles. The number of hydrogen-bond acceptors (Lipinski definition) is 3. The van der Waals surface area contributed by atoms with E-state index in [0.717, 1.165) is 42.9 Å². The van der Waals surface area contributed by atoms with Crippen LogP contribution in [-0.2, 0) is 11.3 Å². The van der Waals surface area contributed by atoms with E-state index in [1.165, 1.54) is 0 Å². The molecule has 0 aliphatic heterocycles. The lowest BCUT2D eigenvalue weighted by Crippen LogP contribution is -2.16. The molecule has 0 radical (unpaired) electrons. The maximum atomic E-state index is 11.9. The number of amides is 1. The van der Waals surface area contributed by atoms with E-state index in [1.807, 2.05) is 36.0 Å². The summed E-state index contributed by atoms with van der Waals surface area (Å²) in [5, 5.41) is 6.29. The van der Waals surface area contributed by atoms with Crippen molar-refractivity contribution in [3.63, 3.8) is 0 Å². The molecule has 114 valence electrons. The van der Waals surface area contributed by atoms with Gasteiger partial charge in [-0.1, -0.05) is 25.1 Å². The van der Waals surface area contributed by atoms with E-state index in [4.69, 9.17) is 0 Å². The molecule has 1 aromatic rings. The molecule has 0 heterocycles. The molecule has 2 N–H and O–H groups in total. The lowest BCUT2D eigenvalue weighted by Gasteiger charge is -2.11. The number of thioether (sulfide) groups is 1. The van der Waals surface area contributed by atoms with Gasteiger partial charge in [-0.25, -0.2) is 0 Å². The maximum Gasteiger partial charge on any atom is 0.224 e. The molecule has 0 saturated carbocycles. The number of para-hydroxylation sites is 1. The number of halogens is 1. The highest BCUT2D eigenvalue weighted by atomic mass is 35.5. The predicted octanol–water partition coefficient (Wildman–Crippen LogP) is 3.69. The highest BCUT2D eigenvalue weighted by Crippen LogP contribution is 2.15. The number of carbonyl (C=O) groups excluding carboxylic acids is 1. The van der Waals surface area contributed by atoms with Crippen molar-refractivity contribution in [1.29, 1.82) is 0 Å². The Hall–Kier alpha value is -0.710. The van der Waals surface area contributed by atoms with Crippen LogP contribution in [0.15, 0.2) is 24.3 Å². The van der Waals surface area contributed by atoms with Crippen LogP contribution in [0.25, 0.3) is 0 Å². The minimum atomic E-state index is 0. The monoisotopic (exact) mass is 316 g/mol. The van der Waals surface area contributed by atoms with Crippen molar-refractivity contribution in [1.82, 2.24) is 5.32 Å². The average Bonchev–Trinajstić information content (AvgIpc) is 2.43. The predicted molar refractivity (Wildman–Crippen MR) is 91.9 cm³/mol. The van der Waals surface area contributed by atoms with Crippen LogP contribution in [0.2, 0.25) is 0 Å². The maximum absolute atomic E-state index is 11.9. The number of benzene rings is 1. The molecular weight excluding hydrogens is 292 g/mol. The Kier molecular flexibility index (Phi) is 11.6. The number of nitrogens with one attached hydrogen (secondary N) is 2. The van der Waals surface area contributed by atoms with Gasteiger partial charge in [-0.2, -0.15) is 11.8 Å². The normalized spacial score (nSPS) is 9.90. The number of carbonyl (C=O) groups is 1. The third kappa shape index (κ3) is 7.78. The van der Waals surface area contributed by atoms with Gasteiger partial charge >= 0.3 is 0 Å². The van der Waals surface area contributed by atoms with Crippen LogP contribution < -0.4 is 10.6 Å². The molecule has 0 unspecified atom stereocenters. The summed E-state index contributed by atoms with van der Waals surface area (Å²) in [4.78, 5) is 11.9. The Bertz CT molecular complexity index is 388. The van der Waals surface area contributed by atoms with Gasteiger partial charge in [-0.15, -0.1) is 12.4 Å². The number of anilines is 1. The van der Waals surface area contributed by atoms with Crippen LogP contribution in [0.4, 0.5) is 5.69 Å². The molecule has 1 amide bonds. The first kappa shape index (κ1) is 19.3. The van der Waals surface area contributed by atoms with Crippen LogP contribution in [0.5, 0.6) is 0 Å². The van der Waals surface area contributed by atoms with Crippen LogP contribution in [-0.4, -0.2) is 24.5 Å². The molecule has 1 aromatic carbocycles. The smallest absolute Gasteiger partial charge is 0.224 e. The number of hydrogen-bond donors (Lipinski definition) is 2. The second-order valence-corrected chi connectivity index (χ2v) is 5.42. The van der Waals surface area contributed by atoms with Gasteiger partial charge in [-0.05, 0) is 43.0 Å². The summed E-state index contributed by atoms with van der Waals surface area (Å²) in [6.45, 7) is 3.79. The van der Waals surface area contributed by atoms with E-state index >= 15 is 0 Å². The van der Waals surface area contributed by atoms with Crippen molar-refractivity contribution in [2.45, 2.75) is 32.7 Å². The van der Waals surface area contributed by atoms with Gasteiger partial charge in [-0.3, -0.25) is 4.79 Å². The molecule has 1 rings (SSSR count). The summed E-state index contributed by atoms with van der Waals surface area (Å²) in [5.41, 5.74) is 2.07. The molecule has 0 aliphatic rings. The van der Waals surface area contributed by atoms with E-state index < -0.39 is 0 Å². The molecule has 20 heavy (non-hydrogen) atoms. The fourth-order valence-corrected chi connectivity index (χ4v) is 2.29. The first-order valence-corrected chi connectivity index (χ1v) is 8.24. The molecule has 0 saturated heterocycles. The summed E-state index contributed by atoms with van der Waals surface area (Å²) in [6, 6.07) is 7.97. The first-order chi connectivity index (χ1) is 9.27. The van der Waals surface area contributed by atoms with Gasteiger partial charge in [0.05, 0.1) is 0 Å². The quantitative estimate of drug-likeness (QED) is 0.683. The van der Waals surface area contributed by atoms with Gasteiger partial charge in [0.15, 0.2) is 0 Å². The third-order valence-corrected chi connectivity index (χ3v) is 3.56. The Labute approximate surface area is 132 Å². The SMILES string of the molecule is CCNCc1ccccc1NC(=O)CCCCSC.Cl. The molecule has 3 nitrogen and oxygen atoms in total. The third-order valence-electron chi connectivity index (χ3n) is 2.86. The van der Waals surface area contributed by atoms with Crippen molar-refractivity contribution in [2.75, 3.05) is 23.9 Å². The van der Waals surface area contributed by atoms with E-state index in [2.05, 4.69) is 23.8 Å². The molecule has 5 heteroatoms. The van der Waals surface area contributed by atoms with Crippen molar-refractivity contribution in [3.05, 3.63) is 29.8 Å². The first-order valence-electron chi connectivity index (χ1n) is 6.85. The Morgan fingerprint density at radius 1 is 1.25 bits per heavy atom. The minimum Gasteiger partial charge on any atom is -0.326 e. The molecule has 0 fully saturated rings. The van der Waals surface area contributed by atoms with Gasteiger partial charge in [0, 0.05) is 18.7 Å². The zero-order valence-corrected chi connectivity index (χ0v) is 13.9. The molecule has 0 aromatic heterocycles. The van der Waals surface area contributed by atoms with Crippen molar-refractivity contribution >= 4 is 35.8 Å². The molecular formula is C15H25ClN2OS. The van der Waals surface area contributed by atoms with Crippen molar-refractivity contribution in [3.8, 4) is 0 Å². The lowest BCUT2D eigenvalue weighted by molar-refractivity contribution is -0.116. The zero-order valence-electron chi connectivity index (χ0n) is 12.3. The second kappa shape index (κ2) is 12.1. The zero-order chi connectivity index (χ0) is 13.9. The van der Waals surface area contributed by atoms with Crippen LogP contribution in [0.3, 0.4) is 0 Å². The van der Waals surface area contributed by atoms with E-state index in [0.29, 0.717) is 6.42 Å². The topological polar surface area (TPSA) is 41.1 Å². The van der Waals surface area contributed by atoms with Crippen LogP contribution in [0, 0.1) is 0 Å². The minimum absolute atomic E-state index is 0. The molecule has 0 atom stereocenters. The van der Waals surface area contributed by atoms with E-state index in [-0.39, 0.29) is 18.3 Å². The van der Waals surface area contributed by atoms with Gasteiger partial charge in [0.25, 0.3) is 0 Å².